The molecule has 30 heavy (non-hydrogen) atoms. The summed E-state index contributed by atoms with van der Waals surface area (Å²) in [5, 5.41) is 9.63. The topological polar surface area (TPSA) is 118 Å². The Bertz CT molecular complexity index is 1070. The number of rotatable bonds is 4. The van der Waals surface area contributed by atoms with Crippen LogP contribution >= 0.6 is 0 Å². The van der Waals surface area contributed by atoms with E-state index in [0.29, 0.717) is 10.3 Å². The Morgan fingerprint density at radius 1 is 1.13 bits per heavy atom. The second-order valence-electron chi connectivity index (χ2n) is 7.53. The van der Waals surface area contributed by atoms with E-state index < -0.39 is 47.5 Å². The molecule has 2 saturated heterocycles. The molecule has 4 unspecified atom stereocenters. The third kappa shape index (κ3) is 3.37. The van der Waals surface area contributed by atoms with Gasteiger partial charge in [0.2, 0.25) is 0 Å². The molecule has 0 saturated carbocycles. The van der Waals surface area contributed by atoms with E-state index >= 15 is 0 Å². The van der Waals surface area contributed by atoms with E-state index in [0.717, 1.165) is 10.6 Å². The van der Waals surface area contributed by atoms with Crippen LogP contribution in [0.1, 0.15) is 30.4 Å². The molecule has 160 valence electrons. The first-order valence-corrected chi connectivity index (χ1v) is 9.40. The van der Waals surface area contributed by atoms with E-state index in [9.17, 15) is 19.5 Å². The summed E-state index contributed by atoms with van der Waals surface area (Å²) in [6.07, 6.45) is -1.74. The fourth-order valence-corrected chi connectivity index (χ4v) is 3.77. The van der Waals surface area contributed by atoms with Crippen LogP contribution in [0.2, 0.25) is 0 Å². The molecule has 1 aromatic heterocycles. The Hall–Kier alpha value is -2.79. The van der Waals surface area contributed by atoms with Crippen molar-refractivity contribution in [1.29, 1.82) is 0 Å². The van der Waals surface area contributed by atoms with Gasteiger partial charge in [-0.15, -0.1) is 0 Å². The zero-order valence-corrected chi connectivity index (χ0v) is 16.7. The largest absolute Gasteiger partial charge is 0.497 e. The summed E-state index contributed by atoms with van der Waals surface area (Å²) in [6, 6.07) is 7.15. The number of carbonyl (C=O) groups is 1. The summed E-state index contributed by atoms with van der Waals surface area (Å²) >= 11 is 0. The molecule has 10 heteroatoms. The first kappa shape index (κ1) is 20.5. The second-order valence-corrected chi connectivity index (χ2v) is 7.53. The van der Waals surface area contributed by atoms with Gasteiger partial charge in [0.1, 0.15) is 24.1 Å². The van der Waals surface area contributed by atoms with Crippen LogP contribution in [0, 0.1) is 0 Å². The minimum absolute atomic E-state index is 0.146. The average Bonchev–Trinajstić information content (AvgIpc) is 3.21. The summed E-state index contributed by atoms with van der Waals surface area (Å²) < 4.78 is 24.1. The van der Waals surface area contributed by atoms with Crippen molar-refractivity contribution in [2.24, 2.45) is 0 Å². The van der Waals surface area contributed by atoms with Crippen molar-refractivity contribution in [2.75, 3.05) is 13.7 Å². The summed E-state index contributed by atoms with van der Waals surface area (Å²) in [5.74, 6) is -1.17. The predicted octanol–water partition coefficient (Wildman–Crippen LogP) is 0.117. The lowest BCUT2D eigenvalue weighted by Crippen LogP contribution is -2.46. The van der Waals surface area contributed by atoms with Gasteiger partial charge in [-0.3, -0.25) is 14.2 Å². The SMILES string of the molecule is COc1ccc(C(=O)n2c(=O)ccn(C3OC(CO)C4OC(C)(C)OC43)c2=O)cc1. The van der Waals surface area contributed by atoms with Crippen LogP contribution in [0.5, 0.6) is 5.75 Å². The van der Waals surface area contributed by atoms with Crippen molar-refractivity contribution in [1.82, 2.24) is 9.13 Å². The average molecular weight is 418 g/mol. The number of carbonyl (C=O) groups excluding carboxylic acids is 1. The van der Waals surface area contributed by atoms with Crippen molar-refractivity contribution >= 4 is 5.91 Å². The molecule has 0 amide bonds. The van der Waals surface area contributed by atoms with E-state index in [4.69, 9.17) is 18.9 Å². The van der Waals surface area contributed by atoms with Crippen molar-refractivity contribution in [3.8, 4) is 5.75 Å². The molecule has 1 N–H and O–H groups in total. The highest BCUT2D eigenvalue weighted by Crippen LogP contribution is 2.42. The van der Waals surface area contributed by atoms with Gasteiger partial charge in [-0.1, -0.05) is 0 Å². The second kappa shape index (κ2) is 7.47. The van der Waals surface area contributed by atoms with Gasteiger partial charge in [0.05, 0.1) is 13.7 Å². The van der Waals surface area contributed by atoms with E-state index in [1.165, 1.54) is 25.4 Å². The maximum atomic E-state index is 13.1. The third-order valence-corrected chi connectivity index (χ3v) is 5.13. The first-order chi connectivity index (χ1) is 14.3. The quantitative estimate of drug-likeness (QED) is 0.744. The van der Waals surface area contributed by atoms with Gasteiger partial charge < -0.3 is 24.1 Å². The van der Waals surface area contributed by atoms with Crippen molar-refractivity contribution in [3.63, 3.8) is 0 Å². The highest BCUT2D eigenvalue weighted by molar-refractivity contribution is 5.95. The van der Waals surface area contributed by atoms with Crippen LogP contribution in [0.25, 0.3) is 0 Å². The Morgan fingerprint density at radius 2 is 1.80 bits per heavy atom. The minimum atomic E-state index is -0.975. The maximum absolute atomic E-state index is 13.1. The lowest BCUT2D eigenvalue weighted by Gasteiger charge is -2.24. The Kier molecular flexibility index (Phi) is 5.10. The summed E-state index contributed by atoms with van der Waals surface area (Å²) in [4.78, 5) is 38.3. The number of benzene rings is 1. The van der Waals surface area contributed by atoms with Crippen molar-refractivity contribution in [3.05, 3.63) is 62.9 Å². The predicted molar refractivity (Wildman–Crippen MR) is 103 cm³/mol. The summed E-state index contributed by atoms with van der Waals surface area (Å²) in [6.45, 7) is 3.09. The molecule has 0 spiro atoms. The molecule has 0 radical (unpaired) electrons. The molecule has 10 nitrogen and oxygen atoms in total. The highest BCUT2D eigenvalue weighted by Gasteiger charge is 2.56. The highest BCUT2D eigenvalue weighted by atomic mass is 16.8. The van der Waals surface area contributed by atoms with Crippen LogP contribution < -0.4 is 16.0 Å². The molecule has 4 atom stereocenters. The number of hydrogen-bond donors (Lipinski definition) is 1. The number of methoxy groups -OCH3 is 1. The zero-order chi connectivity index (χ0) is 21.6. The Labute approximate surface area is 171 Å². The molecule has 2 aliphatic heterocycles. The minimum Gasteiger partial charge on any atom is -0.497 e. The smallest absolute Gasteiger partial charge is 0.340 e. The molecule has 0 aliphatic carbocycles. The Morgan fingerprint density at radius 3 is 2.43 bits per heavy atom. The summed E-state index contributed by atoms with van der Waals surface area (Å²) in [5.41, 5.74) is -1.50. The molecule has 2 aromatic rings. The molecule has 3 heterocycles. The normalized spacial score (nSPS) is 27.1. The number of nitrogens with zero attached hydrogens (tertiary/aromatic N) is 2. The molecular formula is C20H22N2O8. The van der Waals surface area contributed by atoms with Crippen LogP contribution in [0.3, 0.4) is 0 Å². The molecule has 2 aliphatic rings. The number of hydrogen-bond acceptors (Lipinski definition) is 8. The number of aliphatic hydroxyl groups is 1. The van der Waals surface area contributed by atoms with Crippen LogP contribution in [-0.2, 0) is 14.2 Å². The van der Waals surface area contributed by atoms with Crippen LogP contribution in [0.4, 0.5) is 0 Å². The number of aliphatic hydroxyl groups excluding tert-OH is 1. The van der Waals surface area contributed by atoms with Gasteiger partial charge in [-0.05, 0) is 38.1 Å². The van der Waals surface area contributed by atoms with E-state index in [1.807, 2.05) is 0 Å². The third-order valence-electron chi connectivity index (χ3n) is 5.13. The van der Waals surface area contributed by atoms with Gasteiger partial charge in [0.25, 0.3) is 11.5 Å². The Balaban J connectivity index is 1.73. The number of fused-ring (bicyclic) bond motifs is 1. The van der Waals surface area contributed by atoms with Crippen molar-refractivity contribution in [2.45, 2.75) is 44.2 Å². The fraction of sp³-hybridized carbons (Fsp3) is 0.450. The van der Waals surface area contributed by atoms with Crippen LogP contribution in [-0.4, -0.2) is 58.0 Å². The molecule has 0 bridgehead atoms. The first-order valence-electron chi connectivity index (χ1n) is 9.40. The molecule has 2 fully saturated rings. The molecule has 1 aromatic carbocycles. The summed E-state index contributed by atoms with van der Waals surface area (Å²) in [7, 11) is 1.49. The standard InChI is InChI=1S/C20H22N2O8/c1-20(2)29-15-13(10-23)28-18(16(15)30-20)21-9-8-14(24)22(19(21)26)17(25)11-4-6-12(27-3)7-5-11/h4-9,13,15-16,18,23H,10H2,1-3H3. The monoisotopic (exact) mass is 418 g/mol. The maximum Gasteiger partial charge on any atom is 0.340 e. The van der Waals surface area contributed by atoms with Gasteiger partial charge in [0, 0.05) is 17.8 Å². The van der Waals surface area contributed by atoms with Crippen molar-refractivity contribution < 1.29 is 28.8 Å². The molecule has 4 rings (SSSR count). The van der Waals surface area contributed by atoms with E-state index in [2.05, 4.69) is 0 Å². The zero-order valence-electron chi connectivity index (χ0n) is 16.7. The molecular weight excluding hydrogens is 396 g/mol. The number of aromatic nitrogens is 2. The lowest BCUT2D eigenvalue weighted by molar-refractivity contribution is -0.200. The van der Waals surface area contributed by atoms with Gasteiger partial charge in [0.15, 0.2) is 12.0 Å². The van der Waals surface area contributed by atoms with E-state index in [-0.39, 0.29) is 12.2 Å². The lowest BCUT2D eigenvalue weighted by atomic mass is 10.1. The van der Waals surface area contributed by atoms with Crippen LogP contribution in [0.15, 0.2) is 46.1 Å². The number of ether oxygens (including phenoxy) is 4. The van der Waals surface area contributed by atoms with Gasteiger partial charge >= 0.3 is 5.69 Å². The van der Waals surface area contributed by atoms with E-state index in [1.54, 1.807) is 26.0 Å². The fourth-order valence-electron chi connectivity index (χ4n) is 3.77. The van der Waals surface area contributed by atoms with Gasteiger partial charge in [-0.2, -0.15) is 4.57 Å². The van der Waals surface area contributed by atoms with Gasteiger partial charge in [-0.25, -0.2) is 4.79 Å².